The van der Waals surface area contributed by atoms with E-state index in [0.717, 1.165) is 12.8 Å². The fraction of sp³-hybridized carbons (Fsp3) is 0.300. The van der Waals surface area contributed by atoms with Crippen LogP contribution in [-0.2, 0) is 4.79 Å². The van der Waals surface area contributed by atoms with Crippen LogP contribution in [0.5, 0.6) is 5.75 Å². The van der Waals surface area contributed by atoms with Crippen LogP contribution in [0.25, 0.3) is 0 Å². The lowest BCUT2D eigenvalue weighted by Crippen LogP contribution is -2.35. The molecule has 2 aromatic rings. The highest BCUT2D eigenvalue weighted by Crippen LogP contribution is 2.41. The second-order valence-electron chi connectivity index (χ2n) is 6.37. The Bertz CT molecular complexity index is 738. The van der Waals surface area contributed by atoms with Crippen LogP contribution in [0, 0.1) is 5.92 Å². The molecule has 5 heteroatoms. The number of carbonyl (C=O) groups excluding carboxylic acids is 1. The van der Waals surface area contributed by atoms with Crippen molar-refractivity contribution in [1.29, 1.82) is 0 Å². The molecule has 130 valence electrons. The Labute approximate surface area is 146 Å². The van der Waals surface area contributed by atoms with Gasteiger partial charge in [0.15, 0.2) is 6.61 Å². The maximum atomic E-state index is 12.2. The van der Waals surface area contributed by atoms with Crippen molar-refractivity contribution >= 4 is 11.9 Å². The zero-order valence-corrected chi connectivity index (χ0v) is 13.9. The molecule has 1 saturated carbocycles. The maximum Gasteiger partial charge on any atom is 0.341 e. The highest BCUT2D eigenvalue weighted by Gasteiger charge is 2.30. The van der Waals surface area contributed by atoms with E-state index in [0.29, 0.717) is 29.7 Å². The SMILES string of the molecule is O=C(O)COc1cccc(C(=O)NCC2CC(c3ccccc3)C2)c1. The summed E-state index contributed by atoms with van der Waals surface area (Å²) < 4.78 is 5.10. The molecule has 0 atom stereocenters. The van der Waals surface area contributed by atoms with E-state index in [4.69, 9.17) is 9.84 Å². The maximum absolute atomic E-state index is 12.2. The molecule has 0 unspecified atom stereocenters. The van der Waals surface area contributed by atoms with Crippen LogP contribution in [0.3, 0.4) is 0 Å². The third-order valence-electron chi connectivity index (χ3n) is 4.52. The van der Waals surface area contributed by atoms with Gasteiger partial charge in [0.25, 0.3) is 5.91 Å². The molecular formula is C20H21NO4. The molecule has 1 fully saturated rings. The van der Waals surface area contributed by atoms with Crippen molar-refractivity contribution in [3.8, 4) is 5.75 Å². The topological polar surface area (TPSA) is 75.6 Å². The lowest BCUT2D eigenvalue weighted by atomic mass is 9.71. The Balaban J connectivity index is 1.46. The average molecular weight is 339 g/mol. The zero-order valence-electron chi connectivity index (χ0n) is 13.9. The first-order valence-electron chi connectivity index (χ1n) is 8.39. The van der Waals surface area contributed by atoms with Gasteiger partial charge in [0, 0.05) is 12.1 Å². The molecule has 5 nitrogen and oxygen atoms in total. The quantitative estimate of drug-likeness (QED) is 0.813. The number of carbonyl (C=O) groups is 2. The summed E-state index contributed by atoms with van der Waals surface area (Å²) in [6.45, 7) is 0.233. The number of benzene rings is 2. The molecule has 0 radical (unpaired) electrons. The molecular weight excluding hydrogens is 318 g/mol. The van der Waals surface area contributed by atoms with E-state index >= 15 is 0 Å². The summed E-state index contributed by atoms with van der Waals surface area (Å²) >= 11 is 0. The molecule has 0 heterocycles. The summed E-state index contributed by atoms with van der Waals surface area (Å²) in [6.07, 6.45) is 2.18. The van der Waals surface area contributed by atoms with Gasteiger partial charge in [0.05, 0.1) is 0 Å². The van der Waals surface area contributed by atoms with Crippen LogP contribution in [-0.4, -0.2) is 30.1 Å². The van der Waals surface area contributed by atoms with E-state index in [1.165, 1.54) is 5.56 Å². The number of hydrogen-bond acceptors (Lipinski definition) is 3. The zero-order chi connectivity index (χ0) is 17.6. The van der Waals surface area contributed by atoms with Crippen molar-refractivity contribution in [2.24, 2.45) is 5.92 Å². The molecule has 1 aliphatic rings. The minimum Gasteiger partial charge on any atom is -0.482 e. The Morgan fingerprint density at radius 3 is 2.56 bits per heavy atom. The summed E-state index contributed by atoms with van der Waals surface area (Å²) in [4.78, 5) is 22.8. The van der Waals surface area contributed by atoms with Crippen molar-refractivity contribution < 1.29 is 19.4 Å². The number of carboxylic acid groups (broad SMARTS) is 1. The Morgan fingerprint density at radius 2 is 1.84 bits per heavy atom. The van der Waals surface area contributed by atoms with E-state index in [9.17, 15) is 9.59 Å². The van der Waals surface area contributed by atoms with Crippen molar-refractivity contribution in [1.82, 2.24) is 5.32 Å². The molecule has 0 spiro atoms. The molecule has 3 rings (SSSR count). The Hall–Kier alpha value is -2.82. The summed E-state index contributed by atoms with van der Waals surface area (Å²) in [6, 6.07) is 17.0. The van der Waals surface area contributed by atoms with E-state index in [1.807, 2.05) is 6.07 Å². The summed E-state index contributed by atoms with van der Waals surface area (Å²) in [5.41, 5.74) is 1.84. The first kappa shape index (κ1) is 17.0. The minimum absolute atomic E-state index is 0.163. The summed E-state index contributed by atoms with van der Waals surface area (Å²) in [5, 5.41) is 11.6. The predicted octanol–water partition coefficient (Wildman–Crippen LogP) is 3.07. The van der Waals surface area contributed by atoms with E-state index in [1.54, 1.807) is 24.3 Å². The van der Waals surface area contributed by atoms with E-state index < -0.39 is 12.6 Å². The number of rotatable bonds is 7. The van der Waals surface area contributed by atoms with Gasteiger partial charge >= 0.3 is 5.97 Å². The molecule has 0 saturated heterocycles. The average Bonchev–Trinajstić information content (AvgIpc) is 2.59. The van der Waals surface area contributed by atoms with Crippen molar-refractivity contribution in [3.05, 3.63) is 65.7 Å². The Kier molecular flexibility index (Phi) is 5.33. The highest BCUT2D eigenvalue weighted by atomic mass is 16.5. The van der Waals surface area contributed by atoms with Crippen molar-refractivity contribution in [3.63, 3.8) is 0 Å². The van der Waals surface area contributed by atoms with Crippen LogP contribution in [0.15, 0.2) is 54.6 Å². The number of amides is 1. The molecule has 1 amide bonds. The molecule has 0 aromatic heterocycles. The van der Waals surface area contributed by atoms with Crippen LogP contribution in [0.4, 0.5) is 0 Å². The molecule has 0 bridgehead atoms. The van der Waals surface area contributed by atoms with Crippen LogP contribution < -0.4 is 10.1 Å². The normalized spacial score (nSPS) is 18.9. The summed E-state index contributed by atoms with van der Waals surface area (Å²) in [5.74, 6) is 0.260. The monoisotopic (exact) mass is 339 g/mol. The van der Waals surface area contributed by atoms with Gasteiger partial charge in [-0.15, -0.1) is 0 Å². The first-order chi connectivity index (χ1) is 12.1. The van der Waals surface area contributed by atoms with Gasteiger partial charge in [0.1, 0.15) is 5.75 Å². The third kappa shape index (κ3) is 4.59. The number of nitrogens with one attached hydrogen (secondary N) is 1. The second kappa shape index (κ2) is 7.83. The van der Waals surface area contributed by atoms with Crippen molar-refractivity contribution in [2.75, 3.05) is 13.2 Å². The minimum atomic E-state index is -1.05. The van der Waals surface area contributed by atoms with Gasteiger partial charge in [0.2, 0.25) is 0 Å². The standard InChI is InChI=1S/C20H21NO4/c22-19(23)13-25-18-8-4-7-16(11-18)20(24)21-12-14-9-17(10-14)15-5-2-1-3-6-15/h1-8,11,14,17H,9-10,12-13H2,(H,21,24)(H,22,23). The second-order valence-corrected chi connectivity index (χ2v) is 6.37. The van der Waals surface area contributed by atoms with Crippen molar-refractivity contribution in [2.45, 2.75) is 18.8 Å². The lowest BCUT2D eigenvalue weighted by Gasteiger charge is -2.35. The lowest BCUT2D eigenvalue weighted by molar-refractivity contribution is -0.139. The third-order valence-corrected chi connectivity index (χ3v) is 4.52. The Morgan fingerprint density at radius 1 is 1.08 bits per heavy atom. The molecule has 2 N–H and O–H groups in total. The van der Waals surface area contributed by atoms with Crippen LogP contribution >= 0.6 is 0 Å². The van der Waals surface area contributed by atoms with Crippen LogP contribution in [0.1, 0.15) is 34.7 Å². The number of hydrogen-bond donors (Lipinski definition) is 2. The largest absolute Gasteiger partial charge is 0.482 e. The molecule has 1 aliphatic carbocycles. The molecule has 0 aliphatic heterocycles. The smallest absolute Gasteiger partial charge is 0.341 e. The van der Waals surface area contributed by atoms with Gasteiger partial charge in [-0.25, -0.2) is 4.79 Å². The molecule has 2 aromatic carbocycles. The fourth-order valence-electron chi connectivity index (χ4n) is 3.11. The van der Waals surface area contributed by atoms with E-state index in [2.05, 4.69) is 29.6 Å². The van der Waals surface area contributed by atoms with Gasteiger partial charge in [-0.1, -0.05) is 36.4 Å². The van der Waals surface area contributed by atoms with Gasteiger partial charge in [-0.3, -0.25) is 4.79 Å². The number of aliphatic carboxylic acids is 1. The summed E-state index contributed by atoms with van der Waals surface area (Å²) in [7, 11) is 0. The molecule has 25 heavy (non-hydrogen) atoms. The van der Waals surface area contributed by atoms with Crippen LogP contribution in [0.2, 0.25) is 0 Å². The fourth-order valence-corrected chi connectivity index (χ4v) is 3.11. The number of carboxylic acids is 1. The van der Waals surface area contributed by atoms with Gasteiger partial charge in [-0.05, 0) is 48.4 Å². The number of ether oxygens (including phenoxy) is 1. The van der Waals surface area contributed by atoms with E-state index in [-0.39, 0.29) is 5.91 Å². The first-order valence-corrected chi connectivity index (χ1v) is 8.39. The van der Waals surface area contributed by atoms with Gasteiger partial charge < -0.3 is 15.2 Å². The van der Waals surface area contributed by atoms with Gasteiger partial charge in [-0.2, -0.15) is 0 Å². The predicted molar refractivity (Wildman–Crippen MR) is 93.8 cm³/mol. The highest BCUT2D eigenvalue weighted by molar-refractivity contribution is 5.94.